The minimum Gasteiger partial charge on any atom is -0.307 e. The first-order valence-electron chi connectivity index (χ1n) is 4.23. The van der Waals surface area contributed by atoms with Gasteiger partial charge in [0.2, 0.25) is 0 Å². The van der Waals surface area contributed by atoms with Gasteiger partial charge in [-0.15, -0.1) is 11.3 Å². The first-order valence-corrected chi connectivity index (χ1v) is 5.11. The largest absolute Gasteiger partial charge is 0.307 e. The van der Waals surface area contributed by atoms with Crippen molar-refractivity contribution in [1.82, 2.24) is 20.3 Å². The molecule has 72 valence electrons. The van der Waals surface area contributed by atoms with Gasteiger partial charge >= 0.3 is 0 Å². The third-order valence-electron chi connectivity index (χ3n) is 1.90. The Labute approximate surface area is 86.1 Å². The summed E-state index contributed by atoms with van der Waals surface area (Å²) in [5, 5.41) is 3.19. The van der Waals surface area contributed by atoms with Crippen LogP contribution in [-0.2, 0) is 0 Å². The van der Waals surface area contributed by atoms with E-state index in [1.165, 1.54) is 0 Å². The average Bonchev–Trinajstić information content (AvgIpc) is 2.74. The lowest BCUT2D eigenvalue weighted by atomic mass is 10.2. The molecule has 1 N–H and O–H groups in total. The third-order valence-corrected chi connectivity index (χ3v) is 2.74. The van der Waals surface area contributed by atoms with Crippen molar-refractivity contribution in [1.29, 1.82) is 0 Å². The van der Waals surface area contributed by atoms with Gasteiger partial charge in [0.1, 0.15) is 0 Å². The number of thiazole rings is 1. The first kappa shape index (κ1) is 9.23. The van der Waals surface area contributed by atoms with Crippen molar-refractivity contribution in [2.45, 2.75) is 6.04 Å². The van der Waals surface area contributed by atoms with Crippen LogP contribution in [0.1, 0.15) is 16.6 Å². The highest BCUT2D eigenvalue weighted by Gasteiger charge is 2.14. The summed E-state index contributed by atoms with van der Waals surface area (Å²) in [7, 11) is 1.90. The maximum absolute atomic E-state index is 4.26. The molecule has 0 aromatic carbocycles. The average molecular weight is 206 g/mol. The number of nitrogens with one attached hydrogen (secondary N) is 1. The first-order chi connectivity index (χ1) is 6.92. The summed E-state index contributed by atoms with van der Waals surface area (Å²) in [6, 6.07) is 0.0937. The second kappa shape index (κ2) is 4.26. The Kier molecular flexibility index (Phi) is 2.81. The van der Waals surface area contributed by atoms with E-state index in [0.717, 1.165) is 10.6 Å². The van der Waals surface area contributed by atoms with E-state index in [4.69, 9.17) is 0 Å². The van der Waals surface area contributed by atoms with Gasteiger partial charge in [0.25, 0.3) is 0 Å². The zero-order valence-corrected chi connectivity index (χ0v) is 8.53. The number of hydrogen-bond acceptors (Lipinski definition) is 5. The molecule has 4 nitrogen and oxygen atoms in total. The Hall–Kier alpha value is -1.33. The van der Waals surface area contributed by atoms with E-state index in [-0.39, 0.29) is 6.04 Å². The van der Waals surface area contributed by atoms with Gasteiger partial charge < -0.3 is 5.32 Å². The van der Waals surface area contributed by atoms with Crippen molar-refractivity contribution in [2.75, 3.05) is 7.05 Å². The fourth-order valence-corrected chi connectivity index (χ4v) is 2.00. The van der Waals surface area contributed by atoms with E-state index in [9.17, 15) is 0 Å². The normalized spacial score (nSPS) is 12.6. The molecule has 2 rings (SSSR count). The number of rotatable bonds is 3. The summed E-state index contributed by atoms with van der Waals surface area (Å²) in [4.78, 5) is 13.5. The van der Waals surface area contributed by atoms with Crippen LogP contribution in [0, 0.1) is 0 Å². The predicted octanol–water partition coefficient (Wildman–Crippen LogP) is 1.24. The Bertz CT molecular complexity index is 373. The summed E-state index contributed by atoms with van der Waals surface area (Å²) in [6.07, 6.45) is 6.98. The Morgan fingerprint density at radius 3 is 2.79 bits per heavy atom. The highest BCUT2D eigenvalue weighted by Crippen LogP contribution is 2.21. The molecule has 0 aliphatic carbocycles. The predicted molar refractivity (Wildman–Crippen MR) is 55.0 cm³/mol. The summed E-state index contributed by atoms with van der Waals surface area (Å²) in [6.45, 7) is 0. The van der Waals surface area contributed by atoms with Crippen LogP contribution in [0.2, 0.25) is 0 Å². The molecular weight excluding hydrogens is 196 g/mol. The van der Waals surface area contributed by atoms with Crippen LogP contribution < -0.4 is 5.32 Å². The van der Waals surface area contributed by atoms with Gasteiger partial charge in [-0.05, 0) is 7.05 Å². The molecule has 2 heterocycles. The minimum atomic E-state index is 0.0937. The lowest BCUT2D eigenvalue weighted by molar-refractivity contribution is 0.676. The standard InChI is InChI=1S/C9H10N4S/c1-10-9(8-5-12-6-14-8)7-4-11-2-3-13-7/h2-6,9-10H,1H3. The second-order valence-corrected chi connectivity index (χ2v) is 3.67. The molecular formula is C9H10N4S. The molecule has 0 amide bonds. The number of aromatic nitrogens is 3. The molecule has 0 aliphatic heterocycles. The highest BCUT2D eigenvalue weighted by atomic mass is 32.1. The van der Waals surface area contributed by atoms with Crippen LogP contribution in [0.25, 0.3) is 0 Å². The van der Waals surface area contributed by atoms with Crippen molar-refractivity contribution in [3.8, 4) is 0 Å². The maximum atomic E-state index is 4.26. The maximum Gasteiger partial charge on any atom is 0.0874 e. The summed E-state index contributed by atoms with van der Waals surface area (Å²) >= 11 is 1.61. The Morgan fingerprint density at radius 1 is 1.29 bits per heavy atom. The van der Waals surface area contributed by atoms with Crippen molar-refractivity contribution >= 4 is 11.3 Å². The summed E-state index contributed by atoms with van der Waals surface area (Å²) in [5.41, 5.74) is 2.73. The van der Waals surface area contributed by atoms with Gasteiger partial charge in [0.05, 0.1) is 23.4 Å². The van der Waals surface area contributed by atoms with Crippen LogP contribution in [0.15, 0.2) is 30.3 Å². The molecule has 0 bridgehead atoms. The van der Waals surface area contributed by atoms with E-state index in [2.05, 4.69) is 20.3 Å². The number of nitrogens with zero attached hydrogens (tertiary/aromatic N) is 3. The monoisotopic (exact) mass is 206 g/mol. The molecule has 0 saturated heterocycles. The zero-order chi connectivity index (χ0) is 9.80. The molecule has 1 unspecified atom stereocenters. The van der Waals surface area contributed by atoms with Gasteiger partial charge in [-0.2, -0.15) is 0 Å². The molecule has 14 heavy (non-hydrogen) atoms. The third kappa shape index (κ3) is 1.78. The molecule has 2 aromatic rings. The van der Waals surface area contributed by atoms with Crippen LogP contribution in [0.3, 0.4) is 0 Å². The SMILES string of the molecule is CNC(c1cnccn1)c1cncs1. The quantitative estimate of drug-likeness (QED) is 0.821. The van der Waals surface area contributed by atoms with Crippen LogP contribution in [0.4, 0.5) is 0 Å². The van der Waals surface area contributed by atoms with E-state index < -0.39 is 0 Å². The van der Waals surface area contributed by atoms with Crippen molar-refractivity contribution in [3.63, 3.8) is 0 Å². The molecule has 0 radical (unpaired) electrons. The van der Waals surface area contributed by atoms with Gasteiger partial charge in [0.15, 0.2) is 0 Å². The van der Waals surface area contributed by atoms with E-state index >= 15 is 0 Å². The molecule has 0 saturated carbocycles. The van der Waals surface area contributed by atoms with E-state index in [1.54, 1.807) is 29.9 Å². The smallest absolute Gasteiger partial charge is 0.0874 e. The van der Waals surface area contributed by atoms with Gasteiger partial charge in [0, 0.05) is 23.5 Å². The summed E-state index contributed by atoms with van der Waals surface area (Å²) < 4.78 is 0. The molecule has 1 atom stereocenters. The van der Waals surface area contributed by atoms with Gasteiger partial charge in [-0.25, -0.2) is 0 Å². The number of hydrogen-bond donors (Lipinski definition) is 1. The van der Waals surface area contributed by atoms with Crippen LogP contribution in [0.5, 0.6) is 0 Å². The summed E-state index contributed by atoms with van der Waals surface area (Å²) in [5.74, 6) is 0. The molecule has 0 spiro atoms. The molecule has 5 heteroatoms. The van der Waals surface area contributed by atoms with Crippen LogP contribution in [-0.4, -0.2) is 22.0 Å². The van der Waals surface area contributed by atoms with Crippen molar-refractivity contribution in [3.05, 3.63) is 40.9 Å². The second-order valence-electron chi connectivity index (χ2n) is 2.76. The van der Waals surface area contributed by atoms with Gasteiger partial charge in [-0.3, -0.25) is 15.0 Å². The fourth-order valence-electron chi connectivity index (χ4n) is 1.26. The minimum absolute atomic E-state index is 0.0937. The topological polar surface area (TPSA) is 50.7 Å². The molecule has 2 aromatic heterocycles. The lowest BCUT2D eigenvalue weighted by Gasteiger charge is -2.11. The van der Waals surface area contributed by atoms with Crippen molar-refractivity contribution in [2.24, 2.45) is 0 Å². The van der Waals surface area contributed by atoms with Gasteiger partial charge in [-0.1, -0.05) is 0 Å². The Balaban J connectivity index is 2.31. The van der Waals surface area contributed by atoms with Crippen molar-refractivity contribution < 1.29 is 0 Å². The fraction of sp³-hybridized carbons (Fsp3) is 0.222. The molecule has 0 aliphatic rings. The van der Waals surface area contributed by atoms with E-state index in [0.29, 0.717) is 0 Å². The lowest BCUT2D eigenvalue weighted by Crippen LogP contribution is -2.17. The zero-order valence-electron chi connectivity index (χ0n) is 7.71. The van der Waals surface area contributed by atoms with Crippen LogP contribution >= 0.6 is 11.3 Å². The highest BCUT2D eigenvalue weighted by molar-refractivity contribution is 7.09. The van der Waals surface area contributed by atoms with E-state index in [1.807, 2.05) is 18.8 Å². The Morgan fingerprint density at radius 2 is 2.21 bits per heavy atom. The molecule has 0 fully saturated rings.